The highest BCUT2D eigenvalue weighted by Gasteiger charge is 2.14. The minimum atomic E-state index is -0.532. The number of hydrogen-bond acceptors (Lipinski definition) is 1. The maximum Gasteiger partial charge on any atom is 0.255 e. The Labute approximate surface area is 94.9 Å². The second kappa shape index (κ2) is 5.32. The SMILES string of the molecule is C#CC(CC)NC(=O)c1cc(C)ccc1F. The van der Waals surface area contributed by atoms with Crippen molar-refractivity contribution in [3.8, 4) is 12.3 Å². The fraction of sp³-hybridized carbons (Fsp3) is 0.308. The van der Waals surface area contributed by atoms with Crippen LogP contribution in [0, 0.1) is 25.1 Å². The molecular weight excluding hydrogens is 205 g/mol. The number of rotatable bonds is 3. The van der Waals surface area contributed by atoms with Crippen molar-refractivity contribution in [2.45, 2.75) is 26.3 Å². The number of carbonyl (C=O) groups is 1. The number of nitrogens with one attached hydrogen (secondary N) is 1. The van der Waals surface area contributed by atoms with E-state index in [2.05, 4.69) is 11.2 Å². The van der Waals surface area contributed by atoms with Gasteiger partial charge in [-0.3, -0.25) is 4.79 Å². The predicted molar refractivity (Wildman–Crippen MR) is 61.5 cm³/mol. The van der Waals surface area contributed by atoms with E-state index in [0.29, 0.717) is 6.42 Å². The van der Waals surface area contributed by atoms with Crippen LogP contribution in [-0.4, -0.2) is 11.9 Å². The van der Waals surface area contributed by atoms with Crippen molar-refractivity contribution in [2.75, 3.05) is 0 Å². The molecule has 1 unspecified atom stereocenters. The summed E-state index contributed by atoms with van der Waals surface area (Å²) in [5.41, 5.74) is 0.869. The molecule has 0 fully saturated rings. The van der Waals surface area contributed by atoms with E-state index in [1.165, 1.54) is 12.1 Å². The third-order valence-electron chi connectivity index (χ3n) is 2.28. The van der Waals surface area contributed by atoms with Crippen molar-refractivity contribution < 1.29 is 9.18 Å². The molecular formula is C13H14FNO. The van der Waals surface area contributed by atoms with Gasteiger partial charge in [0.15, 0.2) is 0 Å². The highest BCUT2D eigenvalue weighted by molar-refractivity contribution is 5.95. The van der Waals surface area contributed by atoms with Crippen LogP contribution in [0.2, 0.25) is 0 Å². The summed E-state index contributed by atoms with van der Waals surface area (Å²) in [5, 5.41) is 2.59. The number of terminal acetylenes is 1. The van der Waals surface area contributed by atoms with Gasteiger partial charge in [-0.05, 0) is 25.5 Å². The maximum absolute atomic E-state index is 13.4. The minimum Gasteiger partial charge on any atom is -0.338 e. The van der Waals surface area contributed by atoms with Crippen LogP contribution in [0.25, 0.3) is 0 Å². The normalized spacial score (nSPS) is 11.6. The van der Waals surface area contributed by atoms with Crippen LogP contribution < -0.4 is 5.32 Å². The summed E-state index contributed by atoms with van der Waals surface area (Å²) in [4.78, 5) is 11.7. The number of benzene rings is 1. The van der Waals surface area contributed by atoms with E-state index in [4.69, 9.17) is 6.42 Å². The van der Waals surface area contributed by atoms with Crippen LogP contribution in [0.15, 0.2) is 18.2 Å². The molecule has 0 aliphatic carbocycles. The molecule has 1 aromatic carbocycles. The lowest BCUT2D eigenvalue weighted by atomic mass is 10.1. The Morgan fingerprint density at radius 2 is 2.31 bits per heavy atom. The fourth-order valence-corrected chi connectivity index (χ4v) is 1.31. The van der Waals surface area contributed by atoms with Crippen molar-refractivity contribution in [2.24, 2.45) is 0 Å². The number of aryl methyl sites for hydroxylation is 1. The zero-order valence-electron chi connectivity index (χ0n) is 9.38. The van der Waals surface area contributed by atoms with Crippen LogP contribution in [0.1, 0.15) is 29.3 Å². The lowest BCUT2D eigenvalue weighted by Crippen LogP contribution is -2.33. The summed E-state index contributed by atoms with van der Waals surface area (Å²) in [5.74, 6) is 1.43. The summed E-state index contributed by atoms with van der Waals surface area (Å²) in [7, 11) is 0. The Morgan fingerprint density at radius 3 is 2.88 bits per heavy atom. The van der Waals surface area contributed by atoms with Gasteiger partial charge in [0.05, 0.1) is 11.6 Å². The Bertz CT molecular complexity index is 434. The van der Waals surface area contributed by atoms with Crippen molar-refractivity contribution >= 4 is 5.91 Å². The Balaban J connectivity index is 2.89. The summed E-state index contributed by atoms with van der Waals surface area (Å²) in [6.45, 7) is 3.66. The van der Waals surface area contributed by atoms with Gasteiger partial charge in [0.1, 0.15) is 5.82 Å². The van der Waals surface area contributed by atoms with E-state index in [1.807, 2.05) is 6.92 Å². The lowest BCUT2D eigenvalue weighted by molar-refractivity contribution is 0.0941. The van der Waals surface area contributed by atoms with E-state index >= 15 is 0 Å². The summed E-state index contributed by atoms with van der Waals surface area (Å²) < 4.78 is 13.4. The largest absolute Gasteiger partial charge is 0.338 e. The molecule has 0 aliphatic rings. The molecule has 2 nitrogen and oxygen atoms in total. The molecule has 1 amide bonds. The second-order valence-corrected chi connectivity index (χ2v) is 3.58. The second-order valence-electron chi connectivity index (χ2n) is 3.58. The van der Waals surface area contributed by atoms with E-state index < -0.39 is 11.7 Å². The summed E-state index contributed by atoms with van der Waals surface area (Å²) >= 11 is 0. The first-order valence-corrected chi connectivity index (χ1v) is 5.11. The van der Waals surface area contributed by atoms with Crippen LogP contribution in [0.4, 0.5) is 4.39 Å². The van der Waals surface area contributed by atoms with E-state index in [0.717, 1.165) is 5.56 Å². The van der Waals surface area contributed by atoms with Gasteiger partial charge < -0.3 is 5.32 Å². The van der Waals surface area contributed by atoms with Gasteiger partial charge in [-0.25, -0.2) is 4.39 Å². The smallest absolute Gasteiger partial charge is 0.255 e. The first kappa shape index (κ1) is 12.3. The number of hydrogen-bond donors (Lipinski definition) is 1. The van der Waals surface area contributed by atoms with Crippen LogP contribution >= 0.6 is 0 Å². The lowest BCUT2D eigenvalue weighted by Gasteiger charge is -2.11. The topological polar surface area (TPSA) is 29.1 Å². The molecule has 0 spiro atoms. The van der Waals surface area contributed by atoms with Gasteiger partial charge in [0.25, 0.3) is 5.91 Å². The zero-order chi connectivity index (χ0) is 12.1. The van der Waals surface area contributed by atoms with E-state index in [9.17, 15) is 9.18 Å². The van der Waals surface area contributed by atoms with Crippen molar-refractivity contribution in [1.82, 2.24) is 5.32 Å². The van der Waals surface area contributed by atoms with Gasteiger partial charge in [-0.15, -0.1) is 6.42 Å². The quantitative estimate of drug-likeness (QED) is 0.776. The molecule has 1 rings (SSSR count). The summed E-state index contributed by atoms with van der Waals surface area (Å²) in [6, 6.07) is 4.05. The highest BCUT2D eigenvalue weighted by atomic mass is 19.1. The van der Waals surface area contributed by atoms with Gasteiger partial charge in [-0.1, -0.05) is 24.5 Å². The number of halogens is 1. The van der Waals surface area contributed by atoms with Crippen molar-refractivity contribution in [3.63, 3.8) is 0 Å². The van der Waals surface area contributed by atoms with Gasteiger partial charge in [0, 0.05) is 0 Å². The molecule has 84 valence electrons. The first-order valence-electron chi connectivity index (χ1n) is 5.11. The molecule has 0 heterocycles. The molecule has 0 saturated heterocycles. The third-order valence-corrected chi connectivity index (χ3v) is 2.28. The monoisotopic (exact) mass is 219 g/mol. The molecule has 3 heteroatoms. The standard InChI is InChI=1S/C13H14FNO/c1-4-10(5-2)15-13(16)11-8-9(3)6-7-12(11)14/h1,6-8,10H,5H2,2-3H3,(H,15,16). The number of amides is 1. The molecule has 0 radical (unpaired) electrons. The molecule has 0 aromatic heterocycles. The Kier molecular flexibility index (Phi) is 4.07. The third kappa shape index (κ3) is 2.83. The fourth-order valence-electron chi connectivity index (χ4n) is 1.31. The molecule has 0 bridgehead atoms. The van der Waals surface area contributed by atoms with E-state index in [-0.39, 0.29) is 11.6 Å². The van der Waals surface area contributed by atoms with Crippen LogP contribution in [0.5, 0.6) is 0 Å². The zero-order valence-corrected chi connectivity index (χ0v) is 9.38. The van der Waals surface area contributed by atoms with Gasteiger partial charge in [0.2, 0.25) is 0 Å². The molecule has 1 N–H and O–H groups in total. The van der Waals surface area contributed by atoms with Gasteiger partial charge in [-0.2, -0.15) is 0 Å². The van der Waals surface area contributed by atoms with Crippen molar-refractivity contribution in [3.05, 3.63) is 35.1 Å². The molecule has 1 atom stereocenters. The molecule has 16 heavy (non-hydrogen) atoms. The maximum atomic E-state index is 13.4. The molecule has 0 saturated carbocycles. The Hall–Kier alpha value is -1.82. The summed E-state index contributed by atoms with van der Waals surface area (Å²) in [6.07, 6.45) is 5.84. The van der Waals surface area contributed by atoms with Gasteiger partial charge >= 0.3 is 0 Å². The van der Waals surface area contributed by atoms with E-state index in [1.54, 1.807) is 13.0 Å². The van der Waals surface area contributed by atoms with Crippen molar-refractivity contribution in [1.29, 1.82) is 0 Å². The highest BCUT2D eigenvalue weighted by Crippen LogP contribution is 2.10. The average Bonchev–Trinajstić information content (AvgIpc) is 2.28. The predicted octanol–water partition coefficient (Wildman–Crippen LogP) is 2.28. The van der Waals surface area contributed by atoms with Crippen LogP contribution in [0.3, 0.4) is 0 Å². The number of carbonyl (C=O) groups excluding carboxylic acids is 1. The minimum absolute atomic E-state index is 0.0358. The van der Waals surface area contributed by atoms with Crippen LogP contribution in [-0.2, 0) is 0 Å². The molecule has 0 aliphatic heterocycles. The average molecular weight is 219 g/mol. The Morgan fingerprint density at radius 1 is 1.62 bits per heavy atom. The first-order chi connectivity index (χ1) is 7.58. The molecule has 1 aromatic rings.